The Morgan fingerprint density at radius 3 is 2.45 bits per heavy atom. The number of carbonyl (C=O) groups excluding carboxylic acids is 1. The van der Waals surface area contributed by atoms with Crippen LogP contribution in [0.15, 0.2) is 29.1 Å². The maximum absolute atomic E-state index is 12.5. The molecule has 0 bridgehead atoms. The van der Waals surface area contributed by atoms with Gasteiger partial charge in [-0.15, -0.1) is 0 Å². The van der Waals surface area contributed by atoms with Gasteiger partial charge in [0.15, 0.2) is 17.2 Å². The van der Waals surface area contributed by atoms with Gasteiger partial charge in [0.25, 0.3) is 0 Å². The minimum Gasteiger partial charge on any atom is -0.504 e. The summed E-state index contributed by atoms with van der Waals surface area (Å²) in [5.74, 6) is 0.909. The molecule has 8 heteroatoms. The third-order valence-corrected chi connectivity index (χ3v) is 5.31. The molecule has 2 aromatic rings. The average molecular weight is 428 g/mol. The fourth-order valence-electron chi connectivity index (χ4n) is 3.98. The minimum atomic E-state index is -0.518. The number of hydrogen-bond acceptors (Lipinski definition) is 7. The summed E-state index contributed by atoms with van der Waals surface area (Å²) in [4.78, 5) is 26.8. The summed E-state index contributed by atoms with van der Waals surface area (Å²) < 4.78 is 16.8. The van der Waals surface area contributed by atoms with Gasteiger partial charge in [-0.05, 0) is 61.8 Å². The molecular formula is C23H28N2O6. The monoisotopic (exact) mass is 428 g/mol. The molecule has 0 aliphatic heterocycles. The molecule has 1 atom stereocenters. The first-order valence-electron chi connectivity index (χ1n) is 9.94. The van der Waals surface area contributed by atoms with Crippen LogP contribution in [-0.4, -0.2) is 57.9 Å². The summed E-state index contributed by atoms with van der Waals surface area (Å²) in [6, 6.07) is 5.89. The Balaban J connectivity index is 2.28. The van der Waals surface area contributed by atoms with Gasteiger partial charge in [0.2, 0.25) is 17.1 Å². The van der Waals surface area contributed by atoms with Gasteiger partial charge < -0.3 is 29.5 Å². The molecule has 31 heavy (non-hydrogen) atoms. The number of likely N-dealkylation sites (N-methyl/N-ethyl adjacent to an activating group) is 1. The lowest BCUT2D eigenvalue weighted by molar-refractivity contribution is -0.122. The number of hydrogen-bond donors (Lipinski definition) is 2. The molecule has 0 heterocycles. The Morgan fingerprint density at radius 2 is 1.84 bits per heavy atom. The van der Waals surface area contributed by atoms with Gasteiger partial charge in [-0.1, -0.05) is 6.07 Å². The molecule has 2 N–H and O–H groups in total. The lowest BCUT2D eigenvalue weighted by Crippen LogP contribution is -2.36. The standard InChI is InChI=1S/C23H28N2O6/c1-25(2)12-20(28)24-16-8-6-13-10-19(29-3)22(30-4)23(31-5)21(13)14-7-9-17(26)18(27)11-15(14)16/h7,9-11,16H,6,8,12H2,1-5H3,(H,24,28)(H,26,27)/t16-/m0/s1. The first-order valence-corrected chi connectivity index (χ1v) is 9.94. The van der Waals surface area contributed by atoms with E-state index in [4.69, 9.17) is 14.2 Å². The summed E-state index contributed by atoms with van der Waals surface area (Å²) in [6.07, 6.45) is 1.17. The number of nitrogens with one attached hydrogen (secondary N) is 1. The summed E-state index contributed by atoms with van der Waals surface area (Å²) in [6.45, 7) is 0.220. The smallest absolute Gasteiger partial charge is 0.234 e. The molecule has 166 valence electrons. The second kappa shape index (κ2) is 9.26. The number of nitrogens with zero attached hydrogens (tertiary/aromatic N) is 1. The van der Waals surface area contributed by atoms with Crippen LogP contribution in [0, 0.1) is 0 Å². The largest absolute Gasteiger partial charge is 0.504 e. The van der Waals surface area contributed by atoms with E-state index >= 15 is 0 Å². The summed E-state index contributed by atoms with van der Waals surface area (Å²) in [5.41, 5.74) is 2.45. The van der Waals surface area contributed by atoms with Crippen molar-refractivity contribution in [2.24, 2.45) is 0 Å². The molecule has 0 unspecified atom stereocenters. The zero-order valence-corrected chi connectivity index (χ0v) is 18.4. The molecule has 2 aromatic carbocycles. The quantitative estimate of drug-likeness (QED) is 0.727. The number of aromatic hydroxyl groups is 1. The van der Waals surface area contributed by atoms with Crippen LogP contribution in [0.25, 0.3) is 11.1 Å². The molecule has 0 aromatic heterocycles. The van der Waals surface area contributed by atoms with Crippen LogP contribution in [0.3, 0.4) is 0 Å². The van der Waals surface area contributed by atoms with E-state index in [1.165, 1.54) is 26.4 Å². The van der Waals surface area contributed by atoms with Crippen LogP contribution in [0.2, 0.25) is 0 Å². The highest BCUT2D eigenvalue weighted by Gasteiger charge is 2.29. The first kappa shape index (κ1) is 22.4. The Hall–Kier alpha value is -3.26. The highest BCUT2D eigenvalue weighted by molar-refractivity contribution is 5.84. The van der Waals surface area contributed by atoms with Crippen LogP contribution >= 0.6 is 0 Å². The van der Waals surface area contributed by atoms with Crippen LogP contribution in [-0.2, 0) is 11.2 Å². The van der Waals surface area contributed by atoms with Crippen molar-refractivity contribution in [1.82, 2.24) is 10.2 Å². The Bertz CT molecular complexity index is 1050. The van der Waals surface area contributed by atoms with Gasteiger partial charge in [-0.2, -0.15) is 0 Å². The van der Waals surface area contributed by atoms with Crippen molar-refractivity contribution in [2.45, 2.75) is 18.9 Å². The Labute approximate surface area is 181 Å². The molecular weight excluding hydrogens is 400 g/mol. The lowest BCUT2D eigenvalue weighted by Gasteiger charge is -2.20. The maximum atomic E-state index is 12.5. The molecule has 0 saturated carbocycles. The summed E-state index contributed by atoms with van der Waals surface area (Å²) in [5, 5.41) is 13.1. The van der Waals surface area contributed by atoms with Crippen LogP contribution in [0.5, 0.6) is 23.0 Å². The minimum absolute atomic E-state index is 0.155. The van der Waals surface area contributed by atoms with Crippen molar-refractivity contribution in [1.29, 1.82) is 0 Å². The molecule has 1 aliphatic rings. The van der Waals surface area contributed by atoms with E-state index in [1.807, 2.05) is 20.2 Å². The predicted octanol–water partition coefficient (Wildman–Crippen LogP) is 2.11. The number of amides is 1. The molecule has 0 fully saturated rings. The molecule has 1 aliphatic carbocycles. The van der Waals surface area contributed by atoms with Crippen molar-refractivity contribution in [3.05, 3.63) is 45.6 Å². The van der Waals surface area contributed by atoms with E-state index in [0.717, 1.165) is 11.1 Å². The van der Waals surface area contributed by atoms with E-state index in [9.17, 15) is 14.7 Å². The van der Waals surface area contributed by atoms with Gasteiger partial charge in [0.1, 0.15) is 0 Å². The number of methoxy groups -OCH3 is 3. The van der Waals surface area contributed by atoms with Crippen molar-refractivity contribution in [3.63, 3.8) is 0 Å². The van der Waals surface area contributed by atoms with Gasteiger partial charge in [-0.3, -0.25) is 9.59 Å². The number of benzene rings is 1. The molecule has 0 radical (unpaired) electrons. The highest BCUT2D eigenvalue weighted by atomic mass is 16.5. The first-order chi connectivity index (χ1) is 14.8. The molecule has 3 rings (SSSR count). The van der Waals surface area contributed by atoms with Crippen LogP contribution in [0.4, 0.5) is 0 Å². The molecule has 0 saturated heterocycles. The van der Waals surface area contributed by atoms with Crippen LogP contribution < -0.4 is 25.0 Å². The average Bonchev–Trinajstić information content (AvgIpc) is 2.96. The summed E-state index contributed by atoms with van der Waals surface area (Å²) >= 11 is 0. The van der Waals surface area contributed by atoms with Gasteiger partial charge in [0, 0.05) is 5.56 Å². The van der Waals surface area contributed by atoms with Crippen molar-refractivity contribution < 1.29 is 24.1 Å². The number of aryl methyl sites for hydroxylation is 1. The number of fused-ring (bicyclic) bond motifs is 3. The highest BCUT2D eigenvalue weighted by Crippen LogP contribution is 2.50. The predicted molar refractivity (Wildman–Crippen MR) is 117 cm³/mol. The van der Waals surface area contributed by atoms with Crippen LogP contribution in [0.1, 0.15) is 23.6 Å². The third kappa shape index (κ3) is 4.44. The summed E-state index contributed by atoms with van der Waals surface area (Å²) in [7, 11) is 8.25. The van der Waals surface area contributed by atoms with E-state index < -0.39 is 11.5 Å². The van der Waals surface area contributed by atoms with Gasteiger partial charge in [-0.25, -0.2) is 0 Å². The molecule has 0 spiro atoms. The van der Waals surface area contributed by atoms with Gasteiger partial charge >= 0.3 is 0 Å². The van der Waals surface area contributed by atoms with E-state index in [2.05, 4.69) is 5.32 Å². The van der Waals surface area contributed by atoms with E-state index in [-0.39, 0.29) is 18.2 Å². The second-order valence-electron chi connectivity index (χ2n) is 7.67. The third-order valence-electron chi connectivity index (χ3n) is 5.31. The van der Waals surface area contributed by atoms with Crippen molar-refractivity contribution in [3.8, 4) is 34.1 Å². The van der Waals surface area contributed by atoms with Gasteiger partial charge in [0.05, 0.1) is 33.9 Å². The van der Waals surface area contributed by atoms with E-state index in [0.29, 0.717) is 41.2 Å². The lowest BCUT2D eigenvalue weighted by atomic mass is 9.95. The maximum Gasteiger partial charge on any atom is 0.234 e. The van der Waals surface area contributed by atoms with E-state index in [1.54, 1.807) is 18.1 Å². The molecule has 8 nitrogen and oxygen atoms in total. The fourth-order valence-corrected chi connectivity index (χ4v) is 3.98. The SMILES string of the molecule is COc1cc2c(c(OC)c1OC)-c1ccc(O)c(=O)cc1[C@@H](NC(=O)CN(C)C)CC2. The number of ether oxygens (including phenoxy) is 3. The second-order valence-corrected chi connectivity index (χ2v) is 7.67. The zero-order chi connectivity index (χ0) is 22.7. The zero-order valence-electron chi connectivity index (χ0n) is 18.4. The Morgan fingerprint density at radius 1 is 1.13 bits per heavy atom. The fraction of sp³-hybridized carbons (Fsp3) is 0.391. The Kier molecular flexibility index (Phi) is 6.70. The topological polar surface area (TPSA) is 97.3 Å². The van der Waals surface area contributed by atoms with Crippen molar-refractivity contribution in [2.75, 3.05) is 42.0 Å². The number of carbonyl (C=O) groups is 1. The normalized spacial score (nSPS) is 14.8. The van der Waals surface area contributed by atoms with Crippen molar-refractivity contribution >= 4 is 5.91 Å². The number of rotatable bonds is 6. The molecule has 1 amide bonds.